The number of aliphatic hydroxyl groups excluding tert-OH is 1. The minimum absolute atomic E-state index is 0.00264. The van der Waals surface area contributed by atoms with Gasteiger partial charge in [0.2, 0.25) is 11.8 Å². The fourth-order valence-corrected chi connectivity index (χ4v) is 5.67. The lowest BCUT2D eigenvalue weighted by atomic mass is 9.64. The van der Waals surface area contributed by atoms with Gasteiger partial charge in [-0.3, -0.25) is 15.6 Å². The molecule has 2 aliphatic carbocycles. The molecule has 2 heterocycles. The number of nitrogens with one attached hydrogen (secondary N) is 4. The fraction of sp³-hybridized carbons (Fsp3) is 0.548. The molecule has 11 heteroatoms. The molecule has 0 aromatic carbocycles. The number of rotatable bonds is 14. The molecule has 1 spiro atoms. The number of carbonyl (C=O) groups is 1. The zero-order chi connectivity index (χ0) is 30.1. The second-order valence-corrected chi connectivity index (χ2v) is 11.3. The van der Waals surface area contributed by atoms with Gasteiger partial charge in [-0.25, -0.2) is 9.97 Å². The average Bonchev–Trinajstić information content (AvgIpc) is 3.51. The summed E-state index contributed by atoms with van der Waals surface area (Å²) in [5, 5.41) is 35.3. The molecule has 42 heavy (non-hydrogen) atoms. The highest BCUT2D eigenvalue weighted by molar-refractivity contribution is 6.11. The van der Waals surface area contributed by atoms with Gasteiger partial charge < -0.3 is 24.9 Å². The first kappa shape index (κ1) is 31.1. The zero-order valence-electron chi connectivity index (χ0n) is 24.8. The SMILES string of the molecule is CNCCC[C@H](C)[C@H](C)Oc1cc(C(=N)/C=C\NCc2ncco2)nc(C(=N)C2=C(O)[C@]3(CCCCC3=O)CCC2)n1. The molecule has 0 amide bonds. The Hall–Kier alpha value is -3.86. The van der Waals surface area contributed by atoms with Crippen LogP contribution in [0.1, 0.15) is 89.0 Å². The third-order valence-corrected chi connectivity index (χ3v) is 8.36. The summed E-state index contributed by atoms with van der Waals surface area (Å²) in [7, 11) is 1.93. The first-order chi connectivity index (χ1) is 20.2. The molecule has 3 atom stereocenters. The smallest absolute Gasteiger partial charge is 0.217 e. The van der Waals surface area contributed by atoms with Gasteiger partial charge in [-0.2, -0.15) is 4.98 Å². The Morgan fingerprint density at radius 2 is 2.02 bits per heavy atom. The van der Waals surface area contributed by atoms with Crippen molar-refractivity contribution < 1.29 is 19.1 Å². The van der Waals surface area contributed by atoms with E-state index in [0.29, 0.717) is 50.1 Å². The van der Waals surface area contributed by atoms with Crippen molar-refractivity contribution in [3.8, 4) is 5.88 Å². The van der Waals surface area contributed by atoms with Gasteiger partial charge in [-0.15, -0.1) is 0 Å². The number of carbonyl (C=O) groups excluding carboxylic acids is 1. The van der Waals surface area contributed by atoms with Crippen molar-refractivity contribution in [1.29, 1.82) is 10.8 Å². The summed E-state index contributed by atoms with van der Waals surface area (Å²) in [5.74, 6) is 1.15. The Morgan fingerprint density at radius 3 is 2.76 bits per heavy atom. The number of ether oxygens (including phenoxy) is 1. The summed E-state index contributed by atoms with van der Waals surface area (Å²) in [4.78, 5) is 26.2. The highest BCUT2D eigenvalue weighted by Crippen LogP contribution is 2.48. The average molecular weight is 578 g/mol. The molecule has 1 fully saturated rings. The maximum atomic E-state index is 13.0. The highest BCUT2D eigenvalue weighted by atomic mass is 16.5. The molecular weight excluding hydrogens is 534 g/mol. The normalized spacial score (nSPS) is 20.6. The minimum atomic E-state index is -0.906. The zero-order valence-corrected chi connectivity index (χ0v) is 24.8. The van der Waals surface area contributed by atoms with Crippen molar-refractivity contribution in [2.45, 2.75) is 84.3 Å². The van der Waals surface area contributed by atoms with Crippen LogP contribution in [0.5, 0.6) is 5.88 Å². The molecule has 2 aliphatic rings. The van der Waals surface area contributed by atoms with Gasteiger partial charge in [0, 0.05) is 18.1 Å². The summed E-state index contributed by atoms with van der Waals surface area (Å²) in [6.45, 7) is 5.40. The van der Waals surface area contributed by atoms with E-state index in [2.05, 4.69) is 32.5 Å². The number of allylic oxidation sites excluding steroid dienone is 3. The van der Waals surface area contributed by atoms with E-state index in [-0.39, 0.29) is 52.4 Å². The fourth-order valence-electron chi connectivity index (χ4n) is 5.67. The maximum absolute atomic E-state index is 13.0. The quantitative estimate of drug-likeness (QED) is 0.153. The summed E-state index contributed by atoms with van der Waals surface area (Å²) >= 11 is 0. The van der Waals surface area contributed by atoms with Gasteiger partial charge in [-0.05, 0) is 83.7 Å². The first-order valence-corrected chi connectivity index (χ1v) is 14.9. The summed E-state index contributed by atoms with van der Waals surface area (Å²) in [6, 6.07) is 1.61. The lowest BCUT2D eigenvalue weighted by molar-refractivity contribution is -0.131. The lowest BCUT2D eigenvalue weighted by Crippen LogP contribution is -2.39. The van der Waals surface area contributed by atoms with Crippen LogP contribution in [0.4, 0.5) is 0 Å². The Balaban J connectivity index is 1.61. The van der Waals surface area contributed by atoms with E-state index in [1.807, 2.05) is 14.0 Å². The van der Waals surface area contributed by atoms with E-state index in [1.54, 1.807) is 24.5 Å². The lowest BCUT2D eigenvalue weighted by Gasteiger charge is -2.39. The van der Waals surface area contributed by atoms with E-state index in [0.717, 1.165) is 32.2 Å². The van der Waals surface area contributed by atoms with Gasteiger partial charge >= 0.3 is 0 Å². The first-order valence-electron chi connectivity index (χ1n) is 14.9. The van der Waals surface area contributed by atoms with E-state index in [1.165, 1.54) is 6.26 Å². The molecule has 0 saturated heterocycles. The van der Waals surface area contributed by atoms with Crippen molar-refractivity contribution in [1.82, 2.24) is 25.6 Å². The molecule has 0 radical (unpaired) electrons. The van der Waals surface area contributed by atoms with Crippen LogP contribution in [0.15, 0.2) is 46.6 Å². The number of ketones is 1. The number of aliphatic hydroxyl groups is 1. The molecule has 2 aromatic heterocycles. The molecule has 226 valence electrons. The van der Waals surface area contributed by atoms with Crippen LogP contribution in [-0.4, -0.2) is 57.0 Å². The Labute approximate surface area is 247 Å². The van der Waals surface area contributed by atoms with E-state index >= 15 is 0 Å². The van der Waals surface area contributed by atoms with Crippen molar-refractivity contribution in [3.05, 3.63) is 59.5 Å². The standard InChI is InChI=1S/C31H43N7O4/c1-20(8-7-14-34-3)21(2)42-26-18-24(23(32)11-15-35-19-27-36-16-17-41-27)37-30(38-26)28(33)22-9-6-13-31(29(22)40)12-5-4-10-25(31)39/h11,15-18,20-21,32-35,40H,4-10,12-14,19H2,1-3H3/b15-11-,32-23?,33-28?/t20-,21-,31+/m0/s1. The maximum Gasteiger partial charge on any atom is 0.217 e. The summed E-state index contributed by atoms with van der Waals surface area (Å²) in [5.41, 5.74) is -0.168. The number of hydrogen-bond donors (Lipinski definition) is 5. The molecule has 0 bridgehead atoms. The largest absolute Gasteiger partial charge is 0.511 e. The topological polar surface area (TPSA) is 170 Å². The van der Waals surface area contributed by atoms with E-state index < -0.39 is 5.41 Å². The number of aromatic nitrogens is 3. The van der Waals surface area contributed by atoms with Crippen LogP contribution in [-0.2, 0) is 11.3 Å². The van der Waals surface area contributed by atoms with Crippen LogP contribution in [0.3, 0.4) is 0 Å². The van der Waals surface area contributed by atoms with Gasteiger partial charge in [-0.1, -0.05) is 13.3 Å². The second kappa shape index (κ2) is 14.4. The van der Waals surface area contributed by atoms with Crippen molar-refractivity contribution in [3.63, 3.8) is 0 Å². The van der Waals surface area contributed by atoms with Crippen molar-refractivity contribution in [2.24, 2.45) is 11.3 Å². The molecule has 1 saturated carbocycles. The molecule has 5 N–H and O–H groups in total. The number of nitrogens with zero attached hydrogens (tertiary/aromatic N) is 3. The Bertz CT molecular complexity index is 1320. The number of Topliss-reactive ketones (excluding diaryl/α,β-unsaturated/α-hetero) is 1. The van der Waals surface area contributed by atoms with Crippen LogP contribution < -0.4 is 15.4 Å². The third kappa shape index (κ3) is 7.31. The predicted octanol–water partition coefficient (Wildman–Crippen LogP) is 5.03. The molecule has 11 nitrogen and oxygen atoms in total. The second-order valence-electron chi connectivity index (χ2n) is 11.3. The highest BCUT2D eigenvalue weighted by Gasteiger charge is 2.47. The van der Waals surface area contributed by atoms with E-state index in [4.69, 9.17) is 20.0 Å². The Kier molecular flexibility index (Phi) is 10.6. The number of hydrogen-bond acceptors (Lipinski definition) is 11. The summed E-state index contributed by atoms with van der Waals surface area (Å²) in [6.07, 6.45) is 12.6. The van der Waals surface area contributed by atoms with Crippen LogP contribution in [0.25, 0.3) is 0 Å². The molecule has 0 aliphatic heterocycles. The third-order valence-electron chi connectivity index (χ3n) is 8.36. The van der Waals surface area contributed by atoms with Gasteiger partial charge in [0.15, 0.2) is 5.82 Å². The monoisotopic (exact) mass is 577 g/mol. The van der Waals surface area contributed by atoms with Crippen LogP contribution in [0, 0.1) is 22.2 Å². The Morgan fingerprint density at radius 1 is 1.21 bits per heavy atom. The molecular formula is C31H43N7O4. The van der Waals surface area contributed by atoms with Crippen LogP contribution >= 0.6 is 0 Å². The van der Waals surface area contributed by atoms with Gasteiger partial charge in [0.05, 0.1) is 29.6 Å². The van der Waals surface area contributed by atoms with Gasteiger partial charge in [0.25, 0.3) is 0 Å². The number of oxazole rings is 1. The van der Waals surface area contributed by atoms with Crippen molar-refractivity contribution >= 4 is 17.2 Å². The van der Waals surface area contributed by atoms with Crippen molar-refractivity contribution in [2.75, 3.05) is 13.6 Å². The molecule has 2 aromatic rings. The molecule has 4 rings (SSSR count). The molecule has 0 unspecified atom stereocenters. The predicted molar refractivity (Wildman–Crippen MR) is 160 cm³/mol. The van der Waals surface area contributed by atoms with Gasteiger partial charge in [0.1, 0.15) is 29.6 Å². The minimum Gasteiger partial charge on any atom is -0.511 e. The van der Waals surface area contributed by atoms with E-state index in [9.17, 15) is 9.90 Å². The van der Waals surface area contributed by atoms with Crippen LogP contribution in [0.2, 0.25) is 0 Å². The summed E-state index contributed by atoms with van der Waals surface area (Å²) < 4.78 is 11.5.